The zero-order valence-corrected chi connectivity index (χ0v) is 23.2. The van der Waals surface area contributed by atoms with E-state index in [0.717, 1.165) is 36.5 Å². The molecule has 0 atom stereocenters. The average Bonchev–Trinajstić information content (AvgIpc) is 2.91. The van der Waals surface area contributed by atoms with Crippen molar-refractivity contribution < 1.29 is 28.7 Å². The third kappa shape index (κ3) is 8.88. The van der Waals surface area contributed by atoms with Crippen LogP contribution in [0.2, 0.25) is 0 Å². The normalized spacial score (nSPS) is 13.4. The van der Waals surface area contributed by atoms with Crippen LogP contribution < -0.4 is 0 Å². The van der Waals surface area contributed by atoms with Crippen molar-refractivity contribution in [1.82, 2.24) is 0 Å². The van der Waals surface area contributed by atoms with Crippen LogP contribution in [0.4, 0.5) is 0 Å². The van der Waals surface area contributed by atoms with Crippen LogP contribution in [-0.4, -0.2) is 23.5 Å². The van der Waals surface area contributed by atoms with Gasteiger partial charge in [0.05, 0.1) is 16.7 Å². The third-order valence-corrected chi connectivity index (χ3v) is 6.69. The lowest BCUT2D eigenvalue weighted by Crippen LogP contribution is -2.25. The van der Waals surface area contributed by atoms with Gasteiger partial charge in [-0.15, -0.1) is 0 Å². The molecule has 206 valence electrons. The van der Waals surface area contributed by atoms with Crippen LogP contribution >= 0.6 is 0 Å². The lowest BCUT2D eigenvalue weighted by molar-refractivity contribution is -0.119. The molecular formula is C33H38O6. The molecule has 0 saturated heterocycles. The lowest BCUT2D eigenvalue weighted by Gasteiger charge is -2.19. The molecule has 1 aliphatic carbocycles. The summed E-state index contributed by atoms with van der Waals surface area (Å²) in [6.45, 7) is 5.88. The standard InChI is InChI=1S/C33H38O6/c1-4-5-6-7-8-9-10-11-12-19-27-30(35)29(38-32(36)25-17-13-15-23(2)20-25)22-28(34)31(27)39-33(37)26-18-14-16-24(3)21-26/h13-18,20-22H,4-12,19H2,1-3H3. The van der Waals surface area contributed by atoms with E-state index in [1.54, 1.807) is 36.4 Å². The summed E-state index contributed by atoms with van der Waals surface area (Å²) in [7, 11) is 0. The smallest absolute Gasteiger partial charge is 0.343 e. The van der Waals surface area contributed by atoms with Gasteiger partial charge in [-0.1, -0.05) is 93.7 Å². The van der Waals surface area contributed by atoms with Gasteiger partial charge in [-0.3, -0.25) is 9.59 Å². The van der Waals surface area contributed by atoms with Crippen molar-refractivity contribution in [2.75, 3.05) is 0 Å². The van der Waals surface area contributed by atoms with E-state index in [-0.39, 0.29) is 34.6 Å². The van der Waals surface area contributed by atoms with Gasteiger partial charge < -0.3 is 9.47 Å². The van der Waals surface area contributed by atoms with Gasteiger partial charge >= 0.3 is 11.9 Å². The largest absolute Gasteiger partial charge is 0.419 e. The highest BCUT2D eigenvalue weighted by Crippen LogP contribution is 2.27. The minimum absolute atomic E-state index is 0.0680. The number of aryl methyl sites for hydroxylation is 2. The van der Waals surface area contributed by atoms with Gasteiger partial charge in [0.25, 0.3) is 0 Å². The van der Waals surface area contributed by atoms with Gasteiger partial charge in [-0.05, 0) is 51.0 Å². The minimum atomic E-state index is -0.728. The molecule has 0 N–H and O–H groups in total. The topological polar surface area (TPSA) is 86.7 Å². The van der Waals surface area contributed by atoms with Crippen LogP contribution in [0, 0.1) is 13.8 Å². The first-order chi connectivity index (χ1) is 18.8. The molecule has 0 aromatic heterocycles. The zero-order valence-electron chi connectivity index (χ0n) is 23.2. The van der Waals surface area contributed by atoms with Crippen LogP contribution in [0.1, 0.15) is 103 Å². The molecule has 0 bridgehead atoms. The first-order valence-corrected chi connectivity index (χ1v) is 13.9. The van der Waals surface area contributed by atoms with E-state index in [9.17, 15) is 19.2 Å². The van der Waals surface area contributed by atoms with Crippen molar-refractivity contribution in [1.29, 1.82) is 0 Å². The number of Topliss-reactive ketones (excluding diaryl/α,β-unsaturated/α-hetero) is 1. The van der Waals surface area contributed by atoms with Gasteiger partial charge in [-0.2, -0.15) is 0 Å². The van der Waals surface area contributed by atoms with Crippen LogP contribution in [0.15, 0.2) is 71.7 Å². The molecule has 0 saturated carbocycles. The van der Waals surface area contributed by atoms with Gasteiger partial charge in [0, 0.05) is 6.08 Å². The molecule has 2 aromatic rings. The maximum absolute atomic E-state index is 13.4. The fraction of sp³-hybridized carbons (Fsp3) is 0.394. The minimum Gasteiger partial charge on any atom is -0.419 e. The van der Waals surface area contributed by atoms with Crippen molar-refractivity contribution in [3.8, 4) is 0 Å². The van der Waals surface area contributed by atoms with E-state index in [1.165, 1.54) is 32.1 Å². The Kier molecular flexibility index (Phi) is 11.4. The number of benzene rings is 2. The first kappa shape index (κ1) is 29.8. The monoisotopic (exact) mass is 530 g/mol. The number of unbranched alkanes of at least 4 members (excludes halogenated alkanes) is 8. The second-order valence-corrected chi connectivity index (χ2v) is 10.1. The Morgan fingerprint density at radius 1 is 0.692 bits per heavy atom. The molecule has 0 aliphatic heterocycles. The molecule has 2 aromatic carbocycles. The summed E-state index contributed by atoms with van der Waals surface area (Å²) < 4.78 is 10.9. The third-order valence-electron chi connectivity index (χ3n) is 6.69. The molecule has 0 heterocycles. The highest BCUT2D eigenvalue weighted by atomic mass is 16.5. The van der Waals surface area contributed by atoms with E-state index in [4.69, 9.17) is 9.47 Å². The number of carbonyl (C=O) groups excluding carboxylic acids is 4. The Labute approximate surface area is 231 Å². The molecule has 0 unspecified atom stereocenters. The summed E-state index contributed by atoms with van der Waals surface area (Å²) in [6.07, 6.45) is 11.0. The molecule has 0 amide bonds. The van der Waals surface area contributed by atoms with Crippen molar-refractivity contribution in [3.05, 3.63) is 94.0 Å². The van der Waals surface area contributed by atoms with Crippen molar-refractivity contribution in [3.63, 3.8) is 0 Å². The Balaban J connectivity index is 1.73. The van der Waals surface area contributed by atoms with Crippen molar-refractivity contribution in [2.45, 2.75) is 85.0 Å². The number of carbonyl (C=O) groups is 4. The predicted molar refractivity (Wildman–Crippen MR) is 150 cm³/mol. The predicted octanol–water partition coefficient (Wildman–Crippen LogP) is 7.53. The van der Waals surface area contributed by atoms with Crippen molar-refractivity contribution >= 4 is 23.5 Å². The number of rotatable bonds is 14. The number of hydrogen-bond donors (Lipinski definition) is 0. The number of allylic oxidation sites excluding steroid dienone is 2. The highest BCUT2D eigenvalue weighted by molar-refractivity contribution is 6.22. The van der Waals surface area contributed by atoms with Gasteiger partial charge in [-0.25, -0.2) is 9.59 Å². The van der Waals surface area contributed by atoms with E-state index in [0.29, 0.717) is 6.42 Å². The summed E-state index contributed by atoms with van der Waals surface area (Å²) in [5.41, 5.74) is 2.35. The second-order valence-electron chi connectivity index (χ2n) is 10.1. The number of ether oxygens (including phenoxy) is 2. The fourth-order valence-electron chi connectivity index (χ4n) is 4.53. The zero-order chi connectivity index (χ0) is 28.2. The van der Waals surface area contributed by atoms with Crippen LogP contribution in [0.25, 0.3) is 0 Å². The van der Waals surface area contributed by atoms with E-state index in [2.05, 4.69) is 6.92 Å². The van der Waals surface area contributed by atoms with Crippen LogP contribution in [0.5, 0.6) is 0 Å². The number of hydrogen-bond acceptors (Lipinski definition) is 6. The number of ketones is 2. The lowest BCUT2D eigenvalue weighted by atomic mass is 9.94. The average molecular weight is 531 g/mol. The molecule has 0 spiro atoms. The molecule has 6 nitrogen and oxygen atoms in total. The Bertz CT molecular complexity index is 1270. The summed E-state index contributed by atoms with van der Waals surface area (Å²) >= 11 is 0. The highest BCUT2D eigenvalue weighted by Gasteiger charge is 2.33. The van der Waals surface area contributed by atoms with Gasteiger partial charge in [0.15, 0.2) is 11.5 Å². The molecule has 1 aliphatic rings. The number of esters is 2. The molecular weight excluding hydrogens is 492 g/mol. The summed E-state index contributed by atoms with van der Waals surface area (Å²) in [5, 5.41) is 0. The van der Waals surface area contributed by atoms with E-state index >= 15 is 0 Å². The Morgan fingerprint density at radius 2 is 1.21 bits per heavy atom. The van der Waals surface area contributed by atoms with Gasteiger partial charge in [0.2, 0.25) is 11.6 Å². The molecule has 0 fully saturated rings. The maximum atomic E-state index is 13.4. The molecule has 6 heteroatoms. The first-order valence-electron chi connectivity index (χ1n) is 13.9. The Hall–Kier alpha value is -3.80. The Morgan fingerprint density at radius 3 is 1.74 bits per heavy atom. The molecule has 3 rings (SSSR count). The van der Waals surface area contributed by atoms with Crippen molar-refractivity contribution in [2.24, 2.45) is 0 Å². The second kappa shape index (κ2) is 15.0. The molecule has 0 radical (unpaired) electrons. The van der Waals surface area contributed by atoms with Crippen LogP contribution in [0.3, 0.4) is 0 Å². The summed E-state index contributed by atoms with van der Waals surface area (Å²) in [6, 6.07) is 13.6. The quantitative estimate of drug-likeness (QED) is 0.143. The van der Waals surface area contributed by atoms with Gasteiger partial charge in [0.1, 0.15) is 0 Å². The summed E-state index contributed by atoms with van der Waals surface area (Å²) in [4.78, 5) is 52.0. The van der Waals surface area contributed by atoms with E-state index < -0.39 is 23.5 Å². The van der Waals surface area contributed by atoms with E-state index in [1.807, 2.05) is 26.0 Å². The summed E-state index contributed by atoms with van der Waals surface area (Å²) in [5.74, 6) is -3.37. The SMILES string of the molecule is CCCCCCCCCCCC1=C(OC(=O)c2cccc(C)c2)C(=O)C=C(OC(=O)c2cccc(C)c2)C1=O. The molecule has 39 heavy (non-hydrogen) atoms. The maximum Gasteiger partial charge on any atom is 0.343 e. The van der Waals surface area contributed by atoms with Crippen LogP contribution in [-0.2, 0) is 19.1 Å². The fourth-order valence-corrected chi connectivity index (χ4v) is 4.53.